The predicted molar refractivity (Wildman–Crippen MR) is 171 cm³/mol. The fourth-order valence-corrected chi connectivity index (χ4v) is 5.60. The maximum Gasteiger partial charge on any atom is 0.323 e. The number of rotatable bonds is 9. The number of aromatic nitrogens is 4. The number of benzene rings is 1. The second-order valence-corrected chi connectivity index (χ2v) is 11.4. The molecule has 1 aliphatic heterocycles. The highest BCUT2D eigenvalue weighted by molar-refractivity contribution is 5.91. The maximum atomic E-state index is 13.7. The average molecular weight is 606 g/mol. The Bertz CT molecular complexity index is 1730. The van der Waals surface area contributed by atoms with E-state index in [1.165, 1.54) is 16.8 Å². The molecule has 0 unspecified atom stereocenters. The number of hydrogen-bond acceptors (Lipinski definition) is 9. The minimum atomic E-state index is -0.205. The van der Waals surface area contributed by atoms with Crippen LogP contribution in [-0.2, 0) is 18.3 Å². The normalized spacial score (nSPS) is 17.9. The van der Waals surface area contributed by atoms with E-state index in [-0.39, 0.29) is 29.7 Å². The van der Waals surface area contributed by atoms with Crippen LogP contribution in [0.25, 0.3) is 11.1 Å². The Morgan fingerprint density at radius 2 is 1.76 bits per heavy atom. The van der Waals surface area contributed by atoms with Gasteiger partial charge in [0.15, 0.2) is 0 Å². The van der Waals surface area contributed by atoms with Gasteiger partial charge in [0.25, 0.3) is 0 Å². The SMILES string of the molecule is Cn1cc(-c2ccc(N(C(=O)NCc3ccccc3)[C@H]3CC[C@H](Nc4ncc(C#N)c(NC5COC5)n4)CC3)nc2)ccc1=O. The Morgan fingerprint density at radius 3 is 2.42 bits per heavy atom. The number of urea groups is 1. The van der Waals surface area contributed by atoms with Gasteiger partial charge in [-0.2, -0.15) is 10.2 Å². The van der Waals surface area contributed by atoms with Crippen molar-refractivity contribution in [3.8, 4) is 17.2 Å². The number of aryl methyl sites for hydroxylation is 1. The highest BCUT2D eigenvalue weighted by Gasteiger charge is 2.31. The first-order valence-corrected chi connectivity index (χ1v) is 15.1. The summed E-state index contributed by atoms with van der Waals surface area (Å²) >= 11 is 0. The van der Waals surface area contributed by atoms with Gasteiger partial charge in [0.05, 0.1) is 25.5 Å². The van der Waals surface area contributed by atoms with E-state index in [0.29, 0.717) is 42.9 Å². The lowest BCUT2D eigenvalue weighted by molar-refractivity contribution is 0.0209. The van der Waals surface area contributed by atoms with Gasteiger partial charge < -0.3 is 25.3 Å². The number of nitrogens with one attached hydrogen (secondary N) is 3. The van der Waals surface area contributed by atoms with Crippen molar-refractivity contribution in [1.29, 1.82) is 5.26 Å². The number of carbonyl (C=O) groups excluding carboxylic acids is 1. The minimum Gasteiger partial charge on any atom is -0.377 e. The molecule has 0 atom stereocenters. The zero-order valence-corrected chi connectivity index (χ0v) is 25.0. The van der Waals surface area contributed by atoms with Crippen LogP contribution in [0.4, 0.5) is 22.4 Å². The lowest BCUT2D eigenvalue weighted by Crippen LogP contribution is -2.49. The van der Waals surface area contributed by atoms with Crippen molar-refractivity contribution in [3.63, 3.8) is 0 Å². The van der Waals surface area contributed by atoms with Crippen LogP contribution in [0.3, 0.4) is 0 Å². The second-order valence-electron chi connectivity index (χ2n) is 11.4. The lowest BCUT2D eigenvalue weighted by Gasteiger charge is -2.36. The van der Waals surface area contributed by atoms with E-state index in [0.717, 1.165) is 42.4 Å². The Hall–Kier alpha value is -5.28. The lowest BCUT2D eigenvalue weighted by atomic mass is 9.90. The van der Waals surface area contributed by atoms with Crippen molar-refractivity contribution >= 4 is 23.6 Å². The first-order chi connectivity index (χ1) is 22.0. The molecule has 4 heterocycles. The highest BCUT2D eigenvalue weighted by atomic mass is 16.5. The summed E-state index contributed by atoms with van der Waals surface area (Å²) in [6.07, 6.45) is 8.14. The molecule has 4 aromatic rings. The second kappa shape index (κ2) is 13.6. The molecule has 3 aromatic heterocycles. The van der Waals surface area contributed by atoms with Crippen LogP contribution in [0.5, 0.6) is 0 Å². The molecular weight excluding hydrogens is 570 g/mol. The molecule has 0 radical (unpaired) electrons. The first-order valence-electron chi connectivity index (χ1n) is 15.1. The molecule has 6 rings (SSSR count). The van der Waals surface area contributed by atoms with Gasteiger partial charge in [0.2, 0.25) is 11.5 Å². The van der Waals surface area contributed by atoms with Crippen molar-refractivity contribution in [2.75, 3.05) is 28.7 Å². The number of amides is 2. The third kappa shape index (κ3) is 7.11. The number of nitriles is 1. The summed E-state index contributed by atoms with van der Waals surface area (Å²) in [5, 5.41) is 19.2. The van der Waals surface area contributed by atoms with Crippen LogP contribution >= 0.6 is 0 Å². The molecule has 230 valence electrons. The van der Waals surface area contributed by atoms with E-state index in [1.54, 1.807) is 30.4 Å². The quantitative estimate of drug-likeness (QED) is 0.257. The Labute approximate surface area is 261 Å². The summed E-state index contributed by atoms with van der Waals surface area (Å²) in [6, 6.07) is 19.0. The van der Waals surface area contributed by atoms with Crippen molar-refractivity contribution in [2.24, 2.45) is 7.05 Å². The monoisotopic (exact) mass is 605 g/mol. The summed E-state index contributed by atoms with van der Waals surface area (Å²) in [5.74, 6) is 1.54. The molecule has 0 spiro atoms. The molecule has 0 bridgehead atoms. The summed E-state index contributed by atoms with van der Waals surface area (Å²) in [5.41, 5.74) is 3.04. The minimum absolute atomic E-state index is 0.0625. The number of carbonyl (C=O) groups is 1. The summed E-state index contributed by atoms with van der Waals surface area (Å²) in [6.45, 7) is 1.58. The predicted octanol–water partition coefficient (Wildman–Crippen LogP) is 4.06. The van der Waals surface area contributed by atoms with E-state index in [2.05, 4.69) is 32.0 Å². The number of anilines is 3. The van der Waals surface area contributed by atoms with Gasteiger partial charge in [-0.25, -0.2) is 14.8 Å². The molecule has 2 amide bonds. The van der Waals surface area contributed by atoms with Crippen molar-refractivity contribution < 1.29 is 9.53 Å². The van der Waals surface area contributed by atoms with Crippen LogP contribution in [0.2, 0.25) is 0 Å². The zero-order valence-electron chi connectivity index (χ0n) is 25.0. The number of ether oxygens (including phenoxy) is 1. The third-order valence-electron chi connectivity index (χ3n) is 8.20. The van der Waals surface area contributed by atoms with Crippen molar-refractivity contribution in [1.82, 2.24) is 24.8 Å². The van der Waals surface area contributed by atoms with Crippen molar-refractivity contribution in [2.45, 2.75) is 50.4 Å². The smallest absolute Gasteiger partial charge is 0.323 e. The van der Waals surface area contributed by atoms with E-state index in [1.807, 2.05) is 42.5 Å². The molecular formula is C33H35N9O3. The van der Waals surface area contributed by atoms with Gasteiger partial charge in [0, 0.05) is 49.7 Å². The Morgan fingerprint density at radius 1 is 0.978 bits per heavy atom. The third-order valence-corrected chi connectivity index (χ3v) is 8.20. The van der Waals surface area contributed by atoms with Gasteiger partial charge in [-0.1, -0.05) is 30.3 Å². The Kier molecular flexibility index (Phi) is 8.98. The summed E-state index contributed by atoms with van der Waals surface area (Å²) in [7, 11) is 1.71. The Balaban J connectivity index is 1.16. The number of hydrogen-bond donors (Lipinski definition) is 3. The topological polar surface area (TPSA) is 150 Å². The van der Waals surface area contributed by atoms with Crippen LogP contribution in [-0.4, -0.2) is 56.9 Å². The van der Waals surface area contributed by atoms with E-state index >= 15 is 0 Å². The van der Waals surface area contributed by atoms with Crippen LogP contribution in [0, 0.1) is 11.3 Å². The van der Waals surface area contributed by atoms with Gasteiger partial charge in [-0.15, -0.1) is 0 Å². The van der Waals surface area contributed by atoms with E-state index in [9.17, 15) is 14.9 Å². The van der Waals surface area contributed by atoms with Crippen molar-refractivity contribution in [3.05, 3.63) is 94.7 Å². The summed E-state index contributed by atoms with van der Waals surface area (Å²) in [4.78, 5) is 41.0. The van der Waals surface area contributed by atoms with Gasteiger partial charge in [0.1, 0.15) is 23.3 Å². The van der Waals surface area contributed by atoms with Crippen LogP contribution in [0.1, 0.15) is 36.8 Å². The largest absolute Gasteiger partial charge is 0.377 e. The van der Waals surface area contributed by atoms with Crippen LogP contribution in [0.15, 0.2) is 78.0 Å². The molecule has 1 aromatic carbocycles. The van der Waals surface area contributed by atoms with Crippen LogP contribution < -0.4 is 26.4 Å². The molecule has 2 aliphatic rings. The molecule has 12 nitrogen and oxygen atoms in total. The molecule has 1 aliphatic carbocycles. The molecule has 45 heavy (non-hydrogen) atoms. The molecule has 2 fully saturated rings. The fourth-order valence-electron chi connectivity index (χ4n) is 5.60. The first kappa shape index (κ1) is 29.8. The summed E-state index contributed by atoms with van der Waals surface area (Å²) < 4.78 is 6.76. The fraction of sp³-hybridized carbons (Fsp3) is 0.333. The molecule has 1 saturated carbocycles. The standard InChI is InChI=1S/C33H35N9O3/c1-41-19-24(8-14-30(41)43)23-7-13-29(35-17-23)42(33(44)37-16-22-5-3-2-4-6-22)28-11-9-26(10-12-28)39-32-36-18-25(15-34)31(40-32)38-27-20-45-21-27/h2-8,13-14,17-19,26-28H,9-12,16,20-21H2,1H3,(H,37,44)(H2,36,38,39,40)/t26-,28-. The number of nitrogens with zero attached hydrogens (tertiary/aromatic N) is 6. The van der Waals surface area contributed by atoms with Gasteiger partial charge >= 0.3 is 6.03 Å². The molecule has 3 N–H and O–H groups in total. The maximum absolute atomic E-state index is 13.7. The van der Waals surface area contributed by atoms with E-state index in [4.69, 9.17) is 9.72 Å². The number of pyridine rings is 2. The van der Waals surface area contributed by atoms with E-state index < -0.39 is 0 Å². The zero-order chi connectivity index (χ0) is 31.2. The molecule has 12 heteroatoms. The average Bonchev–Trinajstić information content (AvgIpc) is 3.05. The molecule has 1 saturated heterocycles. The highest BCUT2D eigenvalue weighted by Crippen LogP contribution is 2.30. The van der Waals surface area contributed by atoms with Gasteiger partial charge in [-0.05, 0) is 55.0 Å². The van der Waals surface area contributed by atoms with Gasteiger partial charge in [-0.3, -0.25) is 9.69 Å².